The molecule has 0 aliphatic rings. The van der Waals surface area contributed by atoms with Gasteiger partial charge in [-0.05, 0) is 32.9 Å². The lowest BCUT2D eigenvalue weighted by molar-refractivity contribution is -0.122. The van der Waals surface area contributed by atoms with Gasteiger partial charge < -0.3 is 16.4 Å². The number of aromatic nitrogens is 1. The van der Waals surface area contributed by atoms with Crippen molar-refractivity contribution in [2.24, 2.45) is 0 Å². The highest BCUT2D eigenvalue weighted by atomic mass is 16.1. The first-order chi connectivity index (χ1) is 8.81. The molecule has 0 aliphatic heterocycles. The Balaban J connectivity index is 2.46. The smallest absolute Gasteiger partial charge is 0.222 e. The average molecular weight is 261 g/mol. The molecule has 1 aromatic rings. The fraction of sp³-hybridized carbons (Fsp3) is 0.462. The number of nitriles is 1. The van der Waals surface area contributed by atoms with E-state index in [0.29, 0.717) is 24.5 Å². The summed E-state index contributed by atoms with van der Waals surface area (Å²) < 4.78 is 0. The van der Waals surface area contributed by atoms with E-state index >= 15 is 0 Å². The largest absolute Gasteiger partial charge is 0.396 e. The summed E-state index contributed by atoms with van der Waals surface area (Å²) in [6.07, 6.45) is 0.339. The minimum Gasteiger partial charge on any atom is -0.396 e. The van der Waals surface area contributed by atoms with Crippen molar-refractivity contribution in [1.82, 2.24) is 10.3 Å². The lowest BCUT2D eigenvalue weighted by Crippen LogP contribution is -2.41. The SMILES string of the molecule is CC(C)(C)NC(=O)CCNc1ccc(N)c(C#N)n1. The number of anilines is 2. The van der Waals surface area contributed by atoms with E-state index in [2.05, 4.69) is 15.6 Å². The second kappa shape index (κ2) is 6.05. The molecule has 0 bridgehead atoms. The number of carbonyl (C=O) groups is 1. The third-order valence-electron chi connectivity index (χ3n) is 2.20. The van der Waals surface area contributed by atoms with E-state index in [9.17, 15) is 4.79 Å². The van der Waals surface area contributed by atoms with Crippen LogP contribution in [0.1, 0.15) is 32.9 Å². The summed E-state index contributed by atoms with van der Waals surface area (Å²) in [6, 6.07) is 5.20. The second-order valence-corrected chi connectivity index (χ2v) is 5.22. The van der Waals surface area contributed by atoms with Crippen molar-refractivity contribution in [3.8, 4) is 6.07 Å². The number of hydrogen-bond donors (Lipinski definition) is 3. The Labute approximate surface area is 113 Å². The molecule has 1 heterocycles. The van der Waals surface area contributed by atoms with Gasteiger partial charge in [-0.3, -0.25) is 4.79 Å². The van der Waals surface area contributed by atoms with Crippen molar-refractivity contribution >= 4 is 17.4 Å². The van der Waals surface area contributed by atoms with Crippen LogP contribution < -0.4 is 16.4 Å². The summed E-state index contributed by atoms with van der Waals surface area (Å²) in [4.78, 5) is 15.6. The van der Waals surface area contributed by atoms with Crippen LogP contribution in [0.3, 0.4) is 0 Å². The number of pyridine rings is 1. The van der Waals surface area contributed by atoms with E-state index in [4.69, 9.17) is 11.0 Å². The summed E-state index contributed by atoms with van der Waals surface area (Å²) in [5.41, 5.74) is 5.87. The van der Waals surface area contributed by atoms with Crippen molar-refractivity contribution < 1.29 is 4.79 Å². The van der Waals surface area contributed by atoms with Gasteiger partial charge in [-0.15, -0.1) is 0 Å². The quantitative estimate of drug-likeness (QED) is 0.756. The maximum absolute atomic E-state index is 11.6. The number of nitrogens with zero attached hydrogens (tertiary/aromatic N) is 2. The zero-order valence-corrected chi connectivity index (χ0v) is 11.4. The minimum absolute atomic E-state index is 0.0315. The molecule has 0 saturated heterocycles. The van der Waals surface area contributed by atoms with Crippen LogP contribution >= 0.6 is 0 Å². The van der Waals surface area contributed by atoms with E-state index in [-0.39, 0.29) is 17.1 Å². The standard InChI is InChI=1S/C13H19N5O/c1-13(2,3)18-12(19)6-7-16-11-5-4-9(15)10(8-14)17-11/h4-5H,6-7,15H2,1-3H3,(H,16,17)(H,18,19). The summed E-state index contributed by atoms with van der Waals surface area (Å²) in [7, 11) is 0. The number of amides is 1. The molecule has 6 nitrogen and oxygen atoms in total. The van der Waals surface area contributed by atoms with Crippen LogP contribution in [0.25, 0.3) is 0 Å². The van der Waals surface area contributed by atoms with Crippen molar-refractivity contribution in [1.29, 1.82) is 5.26 Å². The molecule has 0 fully saturated rings. The monoisotopic (exact) mass is 261 g/mol. The fourth-order valence-corrected chi connectivity index (χ4v) is 1.44. The van der Waals surface area contributed by atoms with Gasteiger partial charge in [0.15, 0.2) is 5.69 Å². The third kappa shape index (κ3) is 5.25. The van der Waals surface area contributed by atoms with E-state index in [1.165, 1.54) is 0 Å². The molecule has 102 valence electrons. The Morgan fingerprint density at radius 2 is 2.16 bits per heavy atom. The number of hydrogen-bond acceptors (Lipinski definition) is 5. The van der Waals surface area contributed by atoms with Gasteiger partial charge in [0.1, 0.15) is 11.9 Å². The molecule has 0 aromatic carbocycles. The predicted molar refractivity (Wildman–Crippen MR) is 74.4 cm³/mol. The molecule has 0 spiro atoms. The molecule has 0 saturated carbocycles. The summed E-state index contributed by atoms with van der Waals surface area (Å²) in [5.74, 6) is 0.505. The number of nitrogens with two attached hydrogens (primary N) is 1. The lowest BCUT2D eigenvalue weighted by atomic mass is 10.1. The van der Waals surface area contributed by atoms with Crippen molar-refractivity contribution in [2.75, 3.05) is 17.6 Å². The normalized spacial score (nSPS) is 10.6. The van der Waals surface area contributed by atoms with Crippen LogP contribution in [0, 0.1) is 11.3 Å². The van der Waals surface area contributed by atoms with Crippen molar-refractivity contribution in [2.45, 2.75) is 32.7 Å². The van der Waals surface area contributed by atoms with E-state index < -0.39 is 0 Å². The zero-order chi connectivity index (χ0) is 14.5. The molecule has 6 heteroatoms. The van der Waals surface area contributed by atoms with E-state index in [1.54, 1.807) is 12.1 Å². The van der Waals surface area contributed by atoms with Crippen LogP contribution in [0.4, 0.5) is 11.5 Å². The molecule has 19 heavy (non-hydrogen) atoms. The predicted octanol–water partition coefficient (Wildman–Crippen LogP) is 1.25. The van der Waals surface area contributed by atoms with Crippen LogP contribution in [0.2, 0.25) is 0 Å². The average Bonchev–Trinajstić information content (AvgIpc) is 2.29. The van der Waals surface area contributed by atoms with Crippen LogP contribution in [-0.4, -0.2) is 23.0 Å². The van der Waals surface area contributed by atoms with Gasteiger partial charge in [0, 0.05) is 18.5 Å². The van der Waals surface area contributed by atoms with Gasteiger partial charge in [-0.2, -0.15) is 5.26 Å². The highest BCUT2D eigenvalue weighted by Crippen LogP contribution is 2.11. The van der Waals surface area contributed by atoms with Gasteiger partial charge in [-0.1, -0.05) is 0 Å². The van der Waals surface area contributed by atoms with E-state index in [1.807, 2.05) is 26.8 Å². The molecule has 0 atom stereocenters. The lowest BCUT2D eigenvalue weighted by Gasteiger charge is -2.20. The first-order valence-corrected chi connectivity index (χ1v) is 6.03. The highest BCUT2D eigenvalue weighted by molar-refractivity contribution is 5.77. The third-order valence-corrected chi connectivity index (χ3v) is 2.20. The van der Waals surface area contributed by atoms with Crippen LogP contribution in [-0.2, 0) is 4.79 Å². The van der Waals surface area contributed by atoms with Crippen molar-refractivity contribution in [3.63, 3.8) is 0 Å². The minimum atomic E-state index is -0.232. The topological polar surface area (TPSA) is 104 Å². The Kier molecular flexibility index (Phi) is 4.70. The Hall–Kier alpha value is -2.29. The Morgan fingerprint density at radius 3 is 2.74 bits per heavy atom. The highest BCUT2D eigenvalue weighted by Gasteiger charge is 2.13. The second-order valence-electron chi connectivity index (χ2n) is 5.22. The first kappa shape index (κ1) is 14.8. The Morgan fingerprint density at radius 1 is 1.47 bits per heavy atom. The molecule has 0 radical (unpaired) electrons. The number of rotatable bonds is 4. The van der Waals surface area contributed by atoms with Crippen molar-refractivity contribution in [3.05, 3.63) is 17.8 Å². The molecule has 1 aromatic heterocycles. The van der Waals surface area contributed by atoms with E-state index in [0.717, 1.165) is 0 Å². The zero-order valence-electron chi connectivity index (χ0n) is 11.4. The fourth-order valence-electron chi connectivity index (χ4n) is 1.44. The van der Waals surface area contributed by atoms with Gasteiger partial charge in [0.05, 0.1) is 5.69 Å². The summed E-state index contributed by atoms with van der Waals surface area (Å²) >= 11 is 0. The maximum Gasteiger partial charge on any atom is 0.222 e. The molecule has 1 rings (SSSR count). The van der Waals surface area contributed by atoms with Gasteiger partial charge in [0.2, 0.25) is 5.91 Å². The van der Waals surface area contributed by atoms with Gasteiger partial charge in [0.25, 0.3) is 0 Å². The van der Waals surface area contributed by atoms with Gasteiger partial charge in [-0.25, -0.2) is 4.98 Å². The molecular formula is C13H19N5O. The van der Waals surface area contributed by atoms with Crippen LogP contribution in [0.15, 0.2) is 12.1 Å². The summed E-state index contributed by atoms with van der Waals surface area (Å²) in [6.45, 7) is 6.24. The number of nitrogen functional groups attached to an aromatic ring is 1. The molecule has 0 unspecified atom stereocenters. The number of nitrogens with one attached hydrogen (secondary N) is 2. The van der Waals surface area contributed by atoms with Crippen LogP contribution in [0.5, 0.6) is 0 Å². The van der Waals surface area contributed by atoms with Gasteiger partial charge >= 0.3 is 0 Å². The molecule has 1 amide bonds. The number of carbonyl (C=O) groups excluding carboxylic acids is 1. The molecular weight excluding hydrogens is 242 g/mol. The molecule has 4 N–H and O–H groups in total. The summed E-state index contributed by atoms with van der Waals surface area (Å²) in [5, 5.41) is 14.6. The molecule has 0 aliphatic carbocycles. The first-order valence-electron chi connectivity index (χ1n) is 6.03. The maximum atomic E-state index is 11.6. The Bertz CT molecular complexity index is 499.